The van der Waals surface area contributed by atoms with E-state index in [1.54, 1.807) is 17.0 Å². The van der Waals surface area contributed by atoms with Gasteiger partial charge in [-0.2, -0.15) is 0 Å². The molecule has 1 saturated carbocycles. The zero-order chi connectivity index (χ0) is 61.1. The number of likely N-dealkylation sites (tertiary alicyclic amines) is 2. The van der Waals surface area contributed by atoms with Crippen molar-refractivity contribution in [2.24, 2.45) is 16.7 Å². The number of carbonyl (C=O) groups excluding carboxylic acids is 5. The fraction of sp³-hybridized carbons (Fsp3) is 0.425. The molecule has 88 heavy (non-hydrogen) atoms. The van der Waals surface area contributed by atoms with Crippen molar-refractivity contribution in [2.75, 3.05) is 39.3 Å². The maximum absolute atomic E-state index is 15.6. The lowest BCUT2D eigenvalue weighted by molar-refractivity contribution is -0.155. The van der Waals surface area contributed by atoms with Crippen LogP contribution in [0.2, 0.25) is 0 Å². The van der Waals surface area contributed by atoms with Gasteiger partial charge in [0, 0.05) is 73.8 Å². The minimum Gasteiger partial charge on any atom is -0.508 e. The Hall–Kier alpha value is -8.14. The van der Waals surface area contributed by atoms with E-state index in [2.05, 4.69) is 115 Å². The molecule has 15 heteroatoms. The minimum absolute atomic E-state index is 0.00165. The number of phenols is 1. The summed E-state index contributed by atoms with van der Waals surface area (Å²) in [6, 6.07) is 43.8. The third-order valence-corrected chi connectivity index (χ3v) is 20.1. The molecule has 13 rings (SSSR count). The van der Waals surface area contributed by atoms with E-state index in [-0.39, 0.29) is 55.5 Å². The Morgan fingerprint density at radius 2 is 1.48 bits per heavy atom. The third-order valence-electron chi connectivity index (χ3n) is 20.1. The highest BCUT2D eigenvalue weighted by Crippen LogP contribution is 2.51. The SMILES string of the molecule is CCn1c(-c2cccnc2C(C)C)c2c3cc(ccc31)-c1cc(O)cc(c1)C[C@H](NC(=O)[C@H](C1CCCC1)N1CC[C@]3(CCN(C(=O)[C@H]4CN4C(c4ccccc4)(c4ccccc4)c4ccccc4)C3)C1=O)C(=O)N1CCC[C@H](N1)C(=O)OCC(C)(C)C2. The van der Waals surface area contributed by atoms with Gasteiger partial charge in [-0.1, -0.05) is 144 Å². The van der Waals surface area contributed by atoms with E-state index in [9.17, 15) is 9.90 Å². The van der Waals surface area contributed by atoms with Gasteiger partial charge in [0.15, 0.2) is 0 Å². The number of amides is 4. The number of fused-ring (bicyclic) bond motifs is 6. The van der Waals surface area contributed by atoms with E-state index in [1.807, 2.05) is 77.8 Å². The molecule has 6 aliphatic rings. The number of hydrogen-bond acceptors (Lipinski definition) is 10. The number of pyridine rings is 1. The van der Waals surface area contributed by atoms with Gasteiger partial charge >= 0.3 is 5.97 Å². The number of esters is 1. The van der Waals surface area contributed by atoms with E-state index in [4.69, 9.17) is 9.72 Å². The van der Waals surface area contributed by atoms with E-state index < -0.39 is 58.3 Å². The Kier molecular flexibility index (Phi) is 15.9. The van der Waals surface area contributed by atoms with Crippen molar-refractivity contribution < 1.29 is 33.8 Å². The molecule has 5 aliphatic heterocycles. The lowest BCUT2D eigenvalue weighted by atomic mass is 9.76. The van der Waals surface area contributed by atoms with Gasteiger partial charge in [0.25, 0.3) is 5.91 Å². The van der Waals surface area contributed by atoms with Crippen LogP contribution >= 0.6 is 0 Å². The number of hydrazine groups is 1. The Morgan fingerprint density at radius 3 is 2.15 bits per heavy atom. The molecule has 5 fully saturated rings. The molecule has 1 unspecified atom stereocenters. The molecule has 4 saturated heterocycles. The summed E-state index contributed by atoms with van der Waals surface area (Å²) >= 11 is 0. The smallest absolute Gasteiger partial charge is 0.324 e. The quantitative estimate of drug-likeness (QED) is 0.0608. The largest absolute Gasteiger partial charge is 0.508 e. The third kappa shape index (κ3) is 10.7. The lowest BCUT2D eigenvalue weighted by Crippen LogP contribution is -2.62. The van der Waals surface area contributed by atoms with Crippen LogP contribution in [0.3, 0.4) is 0 Å². The van der Waals surface area contributed by atoms with Crippen LogP contribution in [0.1, 0.15) is 125 Å². The Balaban J connectivity index is 0.802. The average Bonchev–Trinajstić information content (AvgIpc) is 1.56. The summed E-state index contributed by atoms with van der Waals surface area (Å²) in [6.07, 6.45) is 7.74. The van der Waals surface area contributed by atoms with E-state index in [0.717, 1.165) is 86.9 Å². The second-order valence-corrected chi connectivity index (χ2v) is 26.8. The van der Waals surface area contributed by atoms with Crippen LogP contribution in [0, 0.1) is 16.7 Å². The molecular formula is C73H82N8O7. The normalized spacial score (nSPS) is 23.6. The van der Waals surface area contributed by atoms with Crippen LogP contribution < -0.4 is 10.7 Å². The van der Waals surface area contributed by atoms with Crippen LogP contribution in [-0.4, -0.2) is 127 Å². The van der Waals surface area contributed by atoms with Gasteiger partial charge in [-0.05, 0) is 139 Å². The second kappa shape index (κ2) is 23.8. The second-order valence-electron chi connectivity index (χ2n) is 26.8. The summed E-state index contributed by atoms with van der Waals surface area (Å²) < 4.78 is 8.59. The first-order valence-electron chi connectivity index (χ1n) is 32.1. The molecule has 6 bridgehead atoms. The monoisotopic (exact) mass is 1180 g/mol. The van der Waals surface area contributed by atoms with Gasteiger partial charge in [0.05, 0.1) is 28.9 Å². The number of cyclic esters (lactones) is 1. The van der Waals surface area contributed by atoms with Gasteiger partial charge < -0.3 is 29.5 Å². The number of rotatable bonds is 12. The molecule has 4 amide bonds. The zero-order valence-corrected chi connectivity index (χ0v) is 51.4. The standard InChI is InChI=1S/C73H82N8O7/c1-6-78-61-31-30-50-42-57(61)58(65(78)56-28-18-34-74-63(56)47(2)3)43-71(4,5)46-88-69(86)59-29-19-35-81(76-59)67(84)60(40-48-38-51(50)41-55(82)39-48)75-66(83)64(49-20-16-17-21-49)79-37-33-72(70(79)87)32-36-77(45-72)68(85)62-44-80(62)73(52-22-10-7-11-23-52,53-24-12-8-13-25-53)54-26-14-9-15-27-54/h7-15,18,22-28,30-31,34,38-39,41-42,47,49,59-60,62,64,76,82H,6,16-17,19-21,29,32-33,35-37,40,43-46H2,1-5H3,(H,75,83)/t59-,60-,62+,64-,72-,80?/m0/s1. The Bertz CT molecular complexity index is 3690. The molecule has 3 N–H and O–H groups in total. The Labute approximate surface area is 516 Å². The van der Waals surface area contributed by atoms with Crippen molar-refractivity contribution in [3.05, 3.63) is 179 Å². The predicted octanol–water partition coefficient (Wildman–Crippen LogP) is 10.6. The van der Waals surface area contributed by atoms with Crippen LogP contribution in [-0.2, 0) is 53.6 Å². The number of carbonyl (C=O) groups is 5. The number of ether oxygens (including phenoxy) is 1. The first-order chi connectivity index (χ1) is 42.6. The number of hydrogen-bond donors (Lipinski definition) is 3. The van der Waals surface area contributed by atoms with Crippen molar-refractivity contribution in [1.29, 1.82) is 0 Å². The molecule has 7 heterocycles. The van der Waals surface area contributed by atoms with E-state index >= 15 is 19.2 Å². The number of aromatic hydroxyl groups is 1. The molecule has 2 aromatic heterocycles. The summed E-state index contributed by atoms with van der Waals surface area (Å²) in [5, 5.41) is 17.4. The van der Waals surface area contributed by atoms with Crippen LogP contribution in [0.15, 0.2) is 146 Å². The fourth-order valence-electron chi connectivity index (χ4n) is 15.8. The molecule has 6 atom stereocenters. The summed E-state index contributed by atoms with van der Waals surface area (Å²) in [4.78, 5) is 86.4. The van der Waals surface area contributed by atoms with Crippen molar-refractivity contribution in [2.45, 2.75) is 141 Å². The molecule has 5 aromatic carbocycles. The summed E-state index contributed by atoms with van der Waals surface area (Å²) in [6.45, 7) is 13.4. The maximum atomic E-state index is 15.6. The highest BCUT2D eigenvalue weighted by atomic mass is 16.5. The van der Waals surface area contributed by atoms with Crippen molar-refractivity contribution in [3.63, 3.8) is 0 Å². The molecule has 456 valence electrons. The number of phenolic OH excluding ortho intramolecular Hbond substituents is 1. The van der Waals surface area contributed by atoms with Crippen LogP contribution in [0.5, 0.6) is 5.75 Å². The van der Waals surface area contributed by atoms with E-state index in [1.165, 1.54) is 5.01 Å². The minimum atomic E-state index is -1.15. The predicted molar refractivity (Wildman–Crippen MR) is 339 cm³/mol. The Morgan fingerprint density at radius 1 is 0.795 bits per heavy atom. The highest BCUT2D eigenvalue weighted by molar-refractivity contribution is 5.97. The average molecular weight is 1180 g/mol. The van der Waals surface area contributed by atoms with Crippen molar-refractivity contribution in [1.82, 2.24) is 40.0 Å². The maximum Gasteiger partial charge on any atom is 0.324 e. The number of aryl methyl sites for hydroxylation is 1. The summed E-state index contributed by atoms with van der Waals surface area (Å²) in [5.41, 5.74) is 11.8. The fourth-order valence-corrected chi connectivity index (χ4v) is 15.8. The topological polar surface area (TPSA) is 169 Å². The first-order valence-corrected chi connectivity index (χ1v) is 32.1. The molecule has 1 spiro atoms. The lowest BCUT2D eigenvalue weighted by Gasteiger charge is -2.38. The van der Waals surface area contributed by atoms with Crippen molar-refractivity contribution in [3.8, 4) is 28.1 Å². The van der Waals surface area contributed by atoms with E-state index in [0.29, 0.717) is 63.8 Å². The summed E-state index contributed by atoms with van der Waals surface area (Å²) in [7, 11) is 0. The number of aromatic nitrogens is 2. The first kappa shape index (κ1) is 58.9. The van der Waals surface area contributed by atoms with Crippen LogP contribution in [0.4, 0.5) is 0 Å². The molecule has 0 radical (unpaired) electrons. The molecule has 1 aliphatic carbocycles. The van der Waals surface area contributed by atoms with Crippen molar-refractivity contribution >= 4 is 40.5 Å². The van der Waals surface area contributed by atoms with Gasteiger partial charge in [0.1, 0.15) is 29.9 Å². The molecular weight excluding hydrogens is 1100 g/mol. The number of benzene rings is 5. The zero-order valence-electron chi connectivity index (χ0n) is 51.4. The van der Waals surface area contributed by atoms with Crippen LogP contribution in [0.25, 0.3) is 33.3 Å². The van der Waals surface area contributed by atoms with Gasteiger partial charge in [-0.15, -0.1) is 0 Å². The molecule has 7 aromatic rings. The number of nitrogens with zero attached hydrogens (tertiary/aromatic N) is 6. The summed E-state index contributed by atoms with van der Waals surface area (Å²) in [5.74, 6) is -1.38. The van der Waals surface area contributed by atoms with Gasteiger partial charge in [-0.3, -0.25) is 38.9 Å². The molecule has 15 nitrogen and oxygen atoms in total. The van der Waals surface area contributed by atoms with Gasteiger partial charge in [-0.25, -0.2) is 5.43 Å². The van der Waals surface area contributed by atoms with Gasteiger partial charge in [0.2, 0.25) is 17.7 Å². The highest BCUT2D eigenvalue weighted by Gasteiger charge is 2.60. The number of nitrogens with one attached hydrogen (secondary N) is 2.